The molecule has 0 aliphatic carbocycles. The van der Waals surface area contributed by atoms with Gasteiger partial charge in [0.15, 0.2) is 5.11 Å². The van der Waals surface area contributed by atoms with Crippen molar-refractivity contribution in [3.05, 3.63) is 29.8 Å². The number of halogens is 3. The van der Waals surface area contributed by atoms with Gasteiger partial charge in [-0.1, -0.05) is 12.1 Å². The van der Waals surface area contributed by atoms with E-state index in [0.29, 0.717) is 6.54 Å². The summed E-state index contributed by atoms with van der Waals surface area (Å²) < 4.78 is 43.2. The number of benzene rings is 1. The van der Waals surface area contributed by atoms with Crippen molar-refractivity contribution in [3.8, 4) is 0 Å². The van der Waals surface area contributed by atoms with Crippen LogP contribution in [0.25, 0.3) is 0 Å². The first kappa shape index (κ1) is 15.7. The summed E-state index contributed by atoms with van der Waals surface area (Å²) in [5.74, 6) is 0. The molecule has 0 aromatic heterocycles. The normalized spacial score (nSPS) is 12.9. The molecule has 7 heteroatoms. The first-order valence-corrected chi connectivity index (χ1v) is 5.99. The number of methoxy groups -OCH3 is 1. The Morgan fingerprint density at radius 2 is 2.00 bits per heavy atom. The topological polar surface area (TPSA) is 33.3 Å². The second-order valence-corrected chi connectivity index (χ2v) is 4.33. The quantitative estimate of drug-likeness (QED) is 0.836. The highest BCUT2D eigenvalue weighted by atomic mass is 32.1. The second kappa shape index (κ2) is 6.72. The largest absolute Gasteiger partial charge is 0.418 e. The molecule has 106 valence electrons. The van der Waals surface area contributed by atoms with E-state index in [1.165, 1.54) is 18.2 Å². The van der Waals surface area contributed by atoms with E-state index >= 15 is 0 Å². The van der Waals surface area contributed by atoms with Crippen LogP contribution in [0, 0.1) is 0 Å². The van der Waals surface area contributed by atoms with Crippen LogP contribution < -0.4 is 10.6 Å². The SMILES string of the molecule is COC(C)CNC(=S)Nc1ccccc1C(F)(F)F. The van der Waals surface area contributed by atoms with E-state index in [1.807, 2.05) is 6.92 Å². The van der Waals surface area contributed by atoms with E-state index in [4.69, 9.17) is 17.0 Å². The maximum Gasteiger partial charge on any atom is 0.418 e. The fraction of sp³-hybridized carbons (Fsp3) is 0.417. The molecule has 0 aliphatic heterocycles. The zero-order valence-corrected chi connectivity index (χ0v) is 11.4. The van der Waals surface area contributed by atoms with Crippen LogP contribution in [0.3, 0.4) is 0 Å². The molecule has 0 aliphatic rings. The molecule has 0 amide bonds. The minimum atomic E-state index is -4.42. The third-order valence-electron chi connectivity index (χ3n) is 2.43. The molecule has 0 heterocycles. The van der Waals surface area contributed by atoms with Gasteiger partial charge in [0, 0.05) is 13.7 Å². The molecule has 0 spiro atoms. The number of alkyl halides is 3. The molecule has 2 N–H and O–H groups in total. The summed E-state index contributed by atoms with van der Waals surface area (Å²) in [5, 5.41) is 5.46. The minimum Gasteiger partial charge on any atom is -0.380 e. The highest BCUT2D eigenvalue weighted by Crippen LogP contribution is 2.34. The Morgan fingerprint density at radius 3 is 2.58 bits per heavy atom. The molecule has 1 unspecified atom stereocenters. The Morgan fingerprint density at radius 1 is 1.37 bits per heavy atom. The second-order valence-electron chi connectivity index (χ2n) is 3.92. The number of anilines is 1. The molecule has 0 fully saturated rings. The molecule has 0 saturated carbocycles. The van der Waals surface area contributed by atoms with Crippen molar-refractivity contribution in [2.75, 3.05) is 19.0 Å². The standard InChI is InChI=1S/C12H15F3N2OS/c1-8(18-2)7-16-11(19)17-10-6-4-3-5-9(10)12(13,14)15/h3-6,8H,7H2,1-2H3,(H2,16,17,19). The summed E-state index contributed by atoms with van der Waals surface area (Å²) in [5.41, 5.74) is -0.823. The molecule has 19 heavy (non-hydrogen) atoms. The van der Waals surface area contributed by atoms with Gasteiger partial charge < -0.3 is 15.4 Å². The maximum atomic E-state index is 12.7. The third kappa shape index (κ3) is 5.04. The van der Waals surface area contributed by atoms with Crippen LogP contribution in [0.1, 0.15) is 12.5 Å². The van der Waals surface area contributed by atoms with Crippen LogP contribution in [-0.2, 0) is 10.9 Å². The van der Waals surface area contributed by atoms with Gasteiger partial charge in [-0.05, 0) is 31.3 Å². The number of thiocarbonyl (C=S) groups is 1. The van der Waals surface area contributed by atoms with E-state index in [2.05, 4.69) is 10.6 Å². The number of rotatable bonds is 4. The lowest BCUT2D eigenvalue weighted by atomic mass is 10.1. The molecule has 1 aromatic carbocycles. The molecule has 0 bridgehead atoms. The van der Waals surface area contributed by atoms with Crippen LogP contribution >= 0.6 is 12.2 Å². The van der Waals surface area contributed by atoms with Gasteiger partial charge in [-0.2, -0.15) is 13.2 Å². The number of ether oxygens (including phenoxy) is 1. The average molecular weight is 292 g/mol. The molecular weight excluding hydrogens is 277 g/mol. The Balaban J connectivity index is 2.70. The van der Waals surface area contributed by atoms with E-state index in [-0.39, 0.29) is 16.9 Å². The Kier molecular flexibility index (Phi) is 5.56. The lowest BCUT2D eigenvalue weighted by Gasteiger charge is -2.17. The van der Waals surface area contributed by atoms with Crippen molar-refractivity contribution in [1.82, 2.24) is 5.32 Å². The summed E-state index contributed by atoms with van der Waals surface area (Å²) >= 11 is 4.94. The van der Waals surface area contributed by atoms with Gasteiger partial charge in [-0.15, -0.1) is 0 Å². The van der Waals surface area contributed by atoms with E-state index in [9.17, 15) is 13.2 Å². The molecule has 3 nitrogen and oxygen atoms in total. The Labute approximate surface area is 115 Å². The van der Waals surface area contributed by atoms with Gasteiger partial charge in [0.2, 0.25) is 0 Å². The van der Waals surface area contributed by atoms with Gasteiger partial charge in [-0.25, -0.2) is 0 Å². The van der Waals surface area contributed by atoms with E-state index in [1.54, 1.807) is 7.11 Å². The number of hydrogen-bond acceptors (Lipinski definition) is 2. The van der Waals surface area contributed by atoms with Crippen LogP contribution in [-0.4, -0.2) is 24.9 Å². The molecule has 0 saturated heterocycles. The first-order chi connectivity index (χ1) is 8.84. The monoisotopic (exact) mass is 292 g/mol. The predicted molar refractivity (Wildman–Crippen MR) is 72.1 cm³/mol. The molecular formula is C12H15F3N2OS. The number of nitrogens with one attached hydrogen (secondary N) is 2. The van der Waals surface area contributed by atoms with Crippen LogP contribution in [0.2, 0.25) is 0 Å². The molecule has 1 aromatic rings. The zero-order chi connectivity index (χ0) is 14.5. The smallest absolute Gasteiger partial charge is 0.380 e. The third-order valence-corrected chi connectivity index (χ3v) is 2.68. The highest BCUT2D eigenvalue weighted by molar-refractivity contribution is 7.80. The highest BCUT2D eigenvalue weighted by Gasteiger charge is 2.33. The maximum absolute atomic E-state index is 12.7. The zero-order valence-electron chi connectivity index (χ0n) is 10.5. The molecule has 1 atom stereocenters. The fourth-order valence-electron chi connectivity index (χ4n) is 1.33. The van der Waals surface area contributed by atoms with Gasteiger partial charge in [0.25, 0.3) is 0 Å². The van der Waals surface area contributed by atoms with Crippen molar-refractivity contribution in [1.29, 1.82) is 0 Å². The lowest BCUT2D eigenvalue weighted by molar-refractivity contribution is -0.136. The number of hydrogen-bond donors (Lipinski definition) is 2. The fourth-order valence-corrected chi connectivity index (χ4v) is 1.52. The van der Waals surface area contributed by atoms with Crippen molar-refractivity contribution in [3.63, 3.8) is 0 Å². The van der Waals surface area contributed by atoms with Gasteiger partial charge >= 0.3 is 6.18 Å². The van der Waals surface area contributed by atoms with Crippen molar-refractivity contribution in [2.45, 2.75) is 19.2 Å². The Bertz CT molecular complexity index is 437. The summed E-state index contributed by atoms with van der Waals surface area (Å²) in [6.07, 6.45) is -4.50. The van der Waals surface area contributed by atoms with E-state index < -0.39 is 11.7 Å². The van der Waals surface area contributed by atoms with Crippen molar-refractivity contribution < 1.29 is 17.9 Å². The van der Waals surface area contributed by atoms with Crippen LogP contribution in [0.15, 0.2) is 24.3 Å². The summed E-state index contributed by atoms with van der Waals surface area (Å²) in [6.45, 7) is 2.23. The van der Waals surface area contributed by atoms with Gasteiger partial charge in [-0.3, -0.25) is 0 Å². The van der Waals surface area contributed by atoms with Crippen molar-refractivity contribution >= 4 is 23.0 Å². The summed E-state index contributed by atoms with van der Waals surface area (Å²) in [6, 6.07) is 5.18. The molecule has 1 rings (SSSR count). The van der Waals surface area contributed by atoms with Gasteiger partial charge in [0.05, 0.1) is 17.4 Å². The number of para-hydroxylation sites is 1. The van der Waals surface area contributed by atoms with Crippen LogP contribution in [0.4, 0.5) is 18.9 Å². The predicted octanol–water partition coefficient (Wildman–Crippen LogP) is 3.03. The van der Waals surface area contributed by atoms with Gasteiger partial charge in [0.1, 0.15) is 0 Å². The Hall–Kier alpha value is -1.34. The first-order valence-electron chi connectivity index (χ1n) is 5.58. The summed E-state index contributed by atoms with van der Waals surface area (Å²) in [7, 11) is 1.54. The van der Waals surface area contributed by atoms with Crippen molar-refractivity contribution in [2.24, 2.45) is 0 Å². The van der Waals surface area contributed by atoms with E-state index in [0.717, 1.165) is 6.07 Å². The molecule has 0 radical (unpaired) electrons. The lowest BCUT2D eigenvalue weighted by Crippen LogP contribution is -2.35. The summed E-state index contributed by atoms with van der Waals surface area (Å²) in [4.78, 5) is 0. The van der Waals surface area contributed by atoms with Crippen LogP contribution in [0.5, 0.6) is 0 Å². The minimum absolute atomic E-state index is 0.0717. The average Bonchev–Trinajstić information content (AvgIpc) is 2.35.